The van der Waals surface area contributed by atoms with Crippen LogP contribution >= 0.6 is 0 Å². The lowest BCUT2D eigenvalue weighted by atomic mass is 10.1. The van der Waals surface area contributed by atoms with Crippen molar-refractivity contribution in [1.29, 1.82) is 0 Å². The number of ether oxygens (including phenoxy) is 2. The van der Waals surface area contributed by atoms with Gasteiger partial charge in [0.25, 0.3) is 0 Å². The zero-order chi connectivity index (χ0) is 14.9. The van der Waals surface area contributed by atoms with E-state index in [1.807, 2.05) is 42.5 Å². The quantitative estimate of drug-likeness (QED) is 0.785. The molecule has 2 rings (SSSR count). The van der Waals surface area contributed by atoms with Gasteiger partial charge in [0, 0.05) is 12.8 Å². The smallest absolute Gasteiger partial charge is 0.119 e. The summed E-state index contributed by atoms with van der Waals surface area (Å²) >= 11 is 0. The maximum Gasteiger partial charge on any atom is 0.119 e. The summed E-state index contributed by atoms with van der Waals surface area (Å²) in [4.78, 5) is 0. The van der Waals surface area contributed by atoms with Crippen LogP contribution in [0.15, 0.2) is 54.6 Å². The fraction of sp³-hybridized carbons (Fsp3) is 0.333. The molecule has 1 atom stereocenters. The van der Waals surface area contributed by atoms with Crippen molar-refractivity contribution < 1.29 is 9.47 Å². The Labute approximate surface area is 126 Å². The van der Waals surface area contributed by atoms with Crippen LogP contribution in [0.1, 0.15) is 24.9 Å². The predicted octanol–water partition coefficient (Wildman–Crippen LogP) is 4.28. The van der Waals surface area contributed by atoms with Gasteiger partial charge in [-0.1, -0.05) is 37.3 Å². The summed E-state index contributed by atoms with van der Waals surface area (Å²) < 4.78 is 10.9. The maximum atomic E-state index is 5.59. The molecule has 1 unspecified atom stereocenters. The molecule has 0 bridgehead atoms. The molecule has 0 aromatic heterocycles. The molecule has 21 heavy (non-hydrogen) atoms. The van der Waals surface area contributed by atoms with Crippen molar-refractivity contribution in [2.45, 2.75) is 19.4 Å². The third-order valence-electron chi connectivity index (χ3n) is 3.20. The Morgan fingerprint density at radius 3 is 2.33 bits per heavy atom. The molecule has 0 fully saturated rings. The van der Waals surface area contributed by atoms with Gasteiger partial charge in [0.2, 0.25) is 0 Å². The minimum absolute atomic E-state index is 0.138. The van der Waals surface area contributed by atoms with Crippen LogP contribution in [0, 0.1) is 0 Å². The molecule has 0 aliphatic carbocycles. The molecule has 2 aromatic carbocycles. The first-order valence-electron chi connectivity index (χ1n) is 7.36. The molecule has 2 aromatic rings. The highest BCUT2D eigenvalue weighted by molar-refractivity contribution is 5.48. The highest BCUT2D eigenvalue weighted by Crippen LogP contribution is 2.22. The SMILES string of the molecule is CCCOc1ccc(NC(COC)c2ccccc2)cc1. The fourth-order valence-corrected chi connectivity index (χ4v) is 2.14. The normalized spacial score (nSPS) is 11.9. The number of hydrogen-bond acceptors (Lipinski definition) is 3. The summed E-state index contributed by atoms with van der Waals surface area (Å²) in [5, 5.41) is 3.50. The molecule has 0 amide bonds. The van der Waals surface area contributed by atoms with E-state index in [1.54, 1.807) is 7.11 Å². The van der Waals surface area contributed by atoms with Gasteiger partial charge in [-0.3, -0.25) is 0 Å². The van der Waals surface area contributed by atoms with Crippen molar-refractivity contribution in [2.24, 2.45) is 0 Å². The third kappa shape index (κ3) is 4.80. The first-order valence-corrected chi connectivity index (χ1v) is 7.36. The number of methoxy groups -OCH3 is 1. The second-order valence-electron chi connectivity index (χ2n) is 4.94. The molecule has 0 saturated carbocycles. The van der Waals surface area contributed by atoms with Crippen LogP contribution in [0.25, 0.3) is 0 Å². The Hall–Kier alpha value is -2.00. The maximum absolute atomic E-state index is 5.59. The largest absolute Gasteiger partial charge is 0.494 e. The topological polar surface area (TPSA) is 30.5 Å². The van der Waals surface area contributed by atoms with Gasteiger partial charge in [-0.05, 0) is 36.2 Å². The molecule has 0 aliphatic rings. The number of nitrogens with one attached hydrogen (secondary N) is 1. The number of benzene rings is 2. The van der Waals surface area contributed by atoms with Crippen molar-refractivity contribution in [1.82, 2.24) is 0 Å². The Morgan fingerprint density at radius 1 is 1.00 bits per heavy atom. The second kappa shape index (κ2) is 8.32. The van der Waals surface area contributed by atoms with Gasteiger partial charge in [-0.25, -0.2) is 0 Å². The van der Waals surface area contributed by atoms with Crippen LogP contribution in [0.4, 0.5) is 5.69 Å². The van der Waals surface area contributed by atoms with E-state index in [-0.39, 0.29) is 6.04 Å². The zero-order valence-corrected chi connectivity index (χ0v) is 12.7. The van der Waals surface area contributed by atoms with Gasteiger partial charge in [0.05, 0.1) is 19.3 Å². The molecule has 0 heterocycles. The molecular weight excluding hydrogens is 262 g/mol. The van der Waals surface area contributed by atoms with Gasteiger partial charge in [0.1, 0.15) is 5.75 Å². The van der Waals surface area contributed by atoms with Gasteiger partial charge >= 0.3 is 0 Å². The third-order valence-corrected chi connectivity index (χ3v) is 3.20. The summed E-state index contributed by atoms with van der Waals surface area (Å²) in [5.41, 5.74) is 2.27. The number of anilines is 1. The number of rotatable bonds is 8. The van der Waals surface area contributed by atoms with Crippen LogP contribution in [-0.2, 0) is 4.74 Å². The van der Waals surface area contributed by atoms with Crippen LogP contribution < -0.4 is 10.1 Å². The van der Waals surface area contributed by atoms with E-state index in [4.69, 9.17) is 9.47 Å². The minimum Gasteiger partial charge on any atom is -0.494 e. The lowest BCUT2D eigenvalue weighted by Gasteiger charge is -2.20. The molecule has 0 saturated heterocycles. The van der Waals surface area contributed by atoms with E-state index >= 15 is 0 Å². The first-order chi connectivity index (χ1) is 10.3. The van der Waals surface area contributed by atoms with E-state index in [2.05, 4.69) is 24.4 Å². The fourth-order valence-electron chi connectivity index (χ4n) is 2.14. The monoisotopic (exact) mass is 285 g/mol. The van der Waals surface area contributed by atoms with Crippen molar-refractivity contribution in [3.05, 3.63) is 60.2 Å². The lowest BCUT2D eigenvalue weighted by Crippen LogP contribution is -2.16. The summed E-state index contributed by atoms with van der Waals surface area (Å²) in [6, 6.07) is 18.5. The molecule has 0 spiro atoms. The van der Waals surface area contributed by atoms with E-state index in [9.17, 15) is 0 Å². The van der Waals surface area contributed by atoms with Crippen molar-refractivity contribution in [3.8, 4) is 5.75 Å². The predicted molar refractivity (Wildman–Crippen MR) is 86.9 cm³/mol. The van der Waals surface area contributed by atoms with E-state index < -0.39 is 0 Å². The Balaban J connectivity index is 2.03. The average Bonchev–Trinajstić information content (AvgIpc) is 2.54. The highest BCUT2D eigenvalue weighted by Gasteiger charge is 2.10. The summed E-state index contributed by atoms with van der Waals surface area (Å²) in [5.74, 6) is 0.908. The van der Waals surface area contributed by atoms with Gasteiger partial charge < -0.3 is 14.8 Å². The highest BCUT2D eigenvalue weighted by atomic mass is 16.5. The summed E-state index contributed by atoms with van der Waals surface area (Å²) in [6.07, 6.45) is 1.02. The van der Waals surface area contributed by atoms with Crippen molar-refractivity contribution in [2.75, 3.05) is 25.6 Å². The Morgan fingerprint density at radius 2 is 1.71 bits per heavy atom. The van der Waals surface area contributed by atoms with E-state index in [0.29, 0.717) is 6.61 Å². The van der Waals surface area contributed by atoms with Crippen molar-refractivity contribution in [3.63, 3.8) is 0 Å². The number of hydrogen-bond donors (Lipinski definition) is 1. The van der Waals surface area contributed by atoms with Gasteiger partial charge in [-0.15, -0.1) is 0 Å². The summed E-state index contributed by atoms with van der Waals surface area (Å²) in [6.45, 7) is 3.48. The van der Waals surface area contributed by atoms with E-state index in [0.717, 1.165) is 24.5 Å². The van der Waals surface area contributed by atoms with Crippen molar-refractivity contribution >= 4 is 5.69 Å². The molecule has 3 nitrogen and oxygen atoms in total. The molecule has 3 heteroatoms. The standard InChI is InChI=1S/C18H23NO2/c1-3-13-21-17-11-9-16(10-12-17)19-18(14-20-2)15-7-5-4-6-8-15/h4-12,18-19H,3,13-14H2,1-2H3. The van der Waals surface area contributed by atoms with Crippen LogP contribution in [-0.4, -0.2) is 20.3 Å². The first kappa shape index (κ1) is 15.4. The molecule has 0 radical (unpaired) electrons. The lowest BCUT2D eigenvalue weighted by molar-refractivity contribution is 0.186. The molecular formula is C18H23NO2. The van der Waals surface area contributed by atoms with Crippen LogP contribution in [0.2, 0.25) is 0 Å². The average molecular weight is 285 g/mol. The van der Waals surface area contributed by atoms with E-state index in [1.165, 1.54) is 5.56 Å². The van der Waals surface area contributed by atoms with Gasteiger partial charge in [-0.2, -0.15) is 0 Å². The van der Waals surface area contributed by atoms with Crippen LogP contribution in [0.5, 0.6) is 5.75 Å². The second-order valence-corrected chi connectivity index (χ2v) is 4.94. The summed E-state index contributed by atoms with van der Waals surface area (Å²) in [7, 11) is 1.72. The molecule has 112 valence electrons. The molecule has 1 N–H and O–H groups in total. The van der Waals surface area contributed by atoms with Crippen LogP contribution in [0.3, 0.4) is 0 Å². The zero-order valence-electron chi connectivity index (χ0n) is 12.7. The molecule has 0 aliphatic heterocycles. The Bertz CT molecular complexity index is 511. The minimum atomic E-state index is 0.138. The van der Waals surface area contributed by atoms with Gasteiger partial charge in [0.15, 0.2) is 0 Å². The Kier molecular flexibility index (Phi) is 6.10.